The summed E-state index contributed by atoms with van der Waals surface area (Å²) in [6.45, 7) is 4.29. The number of aromatic amines is 1. The van der Waals surface area contributed by atoms with Gasteiger partial charge in [0, 0.05) is 38.7 Å². The van der Waals surface area contributed by atoms with Crippen LogP contribution in [-0.4, -0.2) is 46.7 Å². The molecule has 1 aliphatic heterocycles. The molecule has 2 heterocycles. The van der Waals surface area contributed by atoms with Crippen molar-refractivity contribution in [2.24, 2.45) is 11.7 Å². The quantitative estimate of drug-likeness (QED) is 0.150. The van der Waals surface area contributed by atoms with E-state index in [2.05, 4.69) is 35.7 Å². The number of phenols is 2. The number of methoxy groups -OCH3 is 1. The average molecular weight is 554 g/mol. The van der Waals surface area contributed by atoms with Gasteiger partial charge in [-0.3, -0.25) is 9.59 Å². The standard InChI is InChI=1S/C31H43N3O6/c1-4-21(13-25-19-33-18-24(25)8-5-22-11-12-34-30(32)16-22)7-10-27(40-20(2)35)17-26(36)9-6-23-14-28(37)31(38)29(15-23)39-3/h11,14-16,18-19,21,27,33-34,37-38H,4-10,12-13,17,32H2,1-3H3/t21-,27-/m1/s1. The Morgan fingerprint density at radius 2 is 1.88 bits per heavy atom. The molecule has 2 aromatic rings. The van der Waals surface area contributed by atoms with Crippen molar-refractivity contribution in [1.29, 1.82) is 0 Å². The van der Waals surface area contributed by atoms with Crippen molar-refractivity contribution in [3.63, 3.8) is 0 Å². The van der Waals surface area contributed by atoms with E-state index in [1.807, 2.05) is 6.08 Å². The van der Waals surface area contributed by atoms with Crippen molar-refractivity contribution in [2.75, 3.05) is 13.7 Å². The first-order chi connectivity index (χ1) is 19.2. The van der Waals surface area contributed by atoms with E-state index in [4.69, 9.17) is 15.2 Å². The van der Waals surface area contributed by atoms with E-state index in [1.54, 1.807) is 6.07 Å². The van der Waals surface area contributed by atoms with Gasteiger partial charge in [-0.1, -0.05) is 19.4 Å². The number of hydrogen-bond donors (Lipinski definition) is 5. The van der Waals surface area contributed by atoms with Crippen molar-refractivity contribution in [1.82, 2.24) is 10.3 Å². The summed E-state index contributed by atoms with van der Waals surface area (Å²) >= 11 is 0. The molecule has 2 atom stereocenters. The van der Waals surface area contributed by atoms with Gasteiger partial charge in [0.15, 0.2) is 11.5 Å². The summed E-state index contributed by atoms with van der Waals surface area (Å²) in [4.78, 5) is 27.8. The molecule has 0 spiro atoms. The highest BCUT2D eigenvalue weighted by Crippen LogP contribution is 2.36. The number of ketones is 1. The molecular formula is C31H43N3O6. The number of allylic oxidation sites excluding steroid dienone is 2. The Hall–Kier alpha value is -3.88. The van der Waals surface area contributed by atoms with E-state index in [9.17, 15) is 19.8 Å². The lowest BCUT2D eigenvalue weighted by molar-refractivity contribution is -0.148. The van der Waals surface area contributed by atoms with Gasteiger partial charge in [-0.2, -0.15) is 0 Å². The third-order valence-corrected chi connectivity index (χ3v) is 7.42. The Kier molecular flexibility index (Phi) is 11.5. The van der Waals surface area contributed by atoms with Gasteiger partial charge >= 0.3 is 5.97 Å². The second-order valence-electron chi connectivity index (χ2n) is 10.5. The van der Waals surface area contributed by atoms with Crippen LogP contribution in [0.5, 0.6) is 17.2 Å². The van der Waals surface area contributed by atoms with Crippen LogP contribution in [0.2, 0.25) is 0 Å². The number of rotatable bonds is 16. The fourth-order valence-corrected chi connectivity index (χ4v) is 5.12. The Bertz CT molecular complexity index is 1220. The van der Waals surface area contributed by atoms with Crippen LogP contribution in [0.1, 0.15) is 69.1 Å². The minimum Gasteiger partial charge on any atom is -0.504 e. The number of nitrogens with two attached hydrogens (primary N) is 1. The number of aryl methyl sites for hydroxylation is 2. The van der Waals surface area contributed by atoms with Crippen LogP contribution in [0.3, 0.4) is 0 Å². The number of hydrogen-bond acceptors (Lipinski definition) is 8. The Labute approximate surface area is 236 Å². The number of nitrogens with one attached hydrogen (secondary N) is 2. The van der Waals surface area contributed by atoms with Gasteiger partial charge in [0.25, 0.3) is 0 Å². The molecule has 40 heavy (non-hydrogen) atoms. The van der Waals surface area contributed by atoms with Crippen LogP contribution < -0.4 is 15.8 Å². The lowest BCUT2D eigenvalue weighted by Crippen LogP contribution is -2.23. The molecule has 0 fully saturated rings. The van der Waals surface area contributed by atoms with Crippen LogP contribution in [0.15, 0.2) is 48.1 Å². The molecule has 0 amide bonds. The number of carbonyl (C=O) groups excluding carboxylic acids is 2. The first-order valence-electron chi connectivity index (χ1n) is 14.0. The van der Waals surface area contributed by atoms with Gasteiger partial charge < -0.3 is 35.7 Å². The molecule has 0 bridgehead atoms. The number of Topliss-reactive ketones (excluding diaryl/α,β-unsaturated/α-hetero) is 1. The fourth-order valence-electron chi connectivity index (χ4n) is 5.12. The zero-order chi connectivity index (χ0) is 29.1. The zero-order valence-electron chi connectivity index (χ0n) is 23.8. The molecular weight excluding hydrogens is 510 g/mol. The van der Waals surface area contributed by atoms with Crippen LogP contribution in [0.4, 0.5) is 0 Å². The number of H-pyrrole nitrogens is 1. The largest absolute Gasteiger partial charge is 0.504 e. The maximum Gasteiger partial charge on any atom is 0.302 e. The highest BCUT2D eigenvalue weighted by molar-refractivity contribution is 5.79. The van der Waals surface area contributed by atoms with Gasteiger partial charge in [-0.25, -0.2) is 0 Å². The summed E-state index contributed by atoms with van der Waals surface area (Å²) in [6.07, 6.45) is 13.8. The molecule has 1 aliphatic rings. The van der Waals surface area contributed by atoms with E-state index in [0.29, 0.717) is 30.1 Å². The first-order valence-corrected chi connectivity index (χ1v) is 14.0. The highest BCUT2D eigenvalue weighted by atomic mass is 16.5. The minimum atomic E-state index is -0.475. The highest BCUT2D eigenvalue weighted by Gasteiger charge is 2.20. The summed E-state index contributed by atoms with van der Waals surface area (Å²) in [6, 6.07) is 3.02. The second kappa shape index (κ2) is 15.1. The zero-order valence-corrected chi connectivity index (χ0v) is 23.8. The Balaban J connectivity index is 1.52. The van der Waals surface area contributed by atoms with Gasteiger partial charge in [-0.05, 0) is 84.9 Å². The maximum absolute atomic E-state index is 12.8. The van der Waals surface area contributed by atoms with Crippen LogP contribution in [0.25, 0.3) is 0 Å². The smallest absolute Gasteiger partial charge is 0.302 e. The molecule has 0 aliphatic carbocycles. The summed E-state index contributed by atoms with van der Waals surface area (Å²) in [5, 5.41) is 22.8. The van der Waals surface area contributed by atoms with E-state index in [-0.39, 0.29) is 35.9 Å². The van der Waals surface area contributed by atoms with E-state index >= 15 is 0 Å². The average Bonchev–Trinajstić information content (AvgIpc) is 3.36. The van der Waals surface area contributed by atoms with Gasteiger partial charge in [0.05, 0.1) is 12.9 Å². The van der Waals surface area contributed by atoms with Gasteiger partial charge in [0.2, 0.25) is 5.75 Å². The molecule has 6 N–H and O–H groups in total. The molecule has 9 nitrogen and oxygen atoms in total. The monoisotopic (exact) mass is 553 g/mol. The number of aromatic hydroxyl groups is 2. The summed E-state index contributed by atoms with van der Waals surface area (Å²) in [5.74, 6) is 0.213. The molecule has 0 saturated carbocycles. The fraction of sp³-hybridized carbons (Fsp3) is 0.484. The summed E-state index contributed by atoms with van der Waals surface area (Å²) in [5.41, 5.74) is 10.4. The number of phenolic OH excluding ortho intramolecular Hbond substituents is 2. The maximum atomic E-state index is 12.8. The van der Waals surface area contributed by atoms with E-state index in [0.717, 1.165) is 38.6 Å². The molecule has 218 valence electrons. The Morgan fingerprint density at radius 3 is 2.58 bits per heavy atom. The number of dihydropyridines is 1. The van der Waals surface area contributed by atoms with E-state index in [1.165, 1.54) is 36.8 Å². The molecule has 1 aromatic carbocycles. The first kappa shape index (κ1) is 30.7. The van der Waals surface area contributed by atoms with Crippen LogP contribution in [0, 0.1) is 5.92 Å². The van der Waals surface area contributed by atoms with Crippen LogP contribution in [-0.2, 0) is 33.6 Å². The predicted octanol–water partition coefficient (Wildman–Crippen LogP) is 4.57. The van der Waals surface area contributed by atoms with Crippen molar-refractivity contribution in [3.05, 3.63) is 64.8 Å². The van der Waals surface area contributed by atoms with Crippen LogP contribution >= 0.6 is 0 Å². The SMILES string of the molecule is CC[C@H](CC[C@H](CC(=O)CCc1cc(O)c(O)c(OC)c1)OC(C)=O)Cc1c[nH]cc1CCC1=CCNC(N)=C1. The number of esters is 1. The van der Waals surface area contributed by atoms with Gasteiger partial charge in [0.1, 0.15) is 11.9 Å². The van der Waals surface area contributed by atoms with Crippen molar-refractivity contribution in [3.8, 4) is 17.2 Å². The van der Waals surface area contributed by atoms with Crippen molar-refractivity contribution >= 4 is 11.8 Å². The predicted molar refractivity (Wildman–Crippen MR) is 154 cm³/mol. The lowest BCUT2D eigenvalue weighted by atomic mass is 9.89. The number of aromatic nitrogens is 1. The summed E-state index contributed by atoms with van der Waals surface area (Å²) < 4.78 is 10.6. The van der Waals surface area contributed by atoms with E-state index < -0.39 is 12.1 Å². The molecule has 0 radical (unpaired) electrons. The topological polar surface area (TPSA) is 147 Å². The minimum absolute atomic E-state index is 0.0272. The lowest BCUT2D eigenvalue weighted by Gasteiger charge is -2.21. The molecule has 0 unspecified atom stereocenters. The molecule has 1 aromatic heterocycles. The van der Waals surface area contributed by atoms with Gasteiger partial charge in [-0.15, -0.1) is 0 Å². The number of ether oxygens (including phenoxy) is 2. The number of carbonyl (C=O) groups is 2. The second-order valence-corrected chi connectivity index (χ2v) is 10.5. The summed E-state index contributed by atoms with van der Waals surface area (Å²) in [7, 11) is 1.40. The third kappa shape index (κ3) is 9.39. The third-order valence-electron chi connectivity index (χ3n) is 7.42. The molecule has 9 heteroatoms. The molecule has 3 rings (SSSR count). The molecule has 0 saturated heterocycles. The Morgan fingerprint density at radius 1 is 1.10 bits per heavy atom. The van der Waals surface area contributed by atoms with Crippen molar-refractivity contribution in [2.45, 2.75) is 77.7 Å². The number of benzene rings is 1. The normalized spacial score (nSPS) is 14.5. The van der Waals surface area contributed by atoms with Crippen molar-refractivity contribution < 1.29 is 29.3 Å².